The van der Waals surface area contributed by atoms with Crippen LogP contribution in [-0.4, -0.2) is 9.97 Å². The van der Waals surface area contributed by atoms with Crippen molar-refractivity contribution in [1.29, 1.82) is 0 Å². The van der Waals surface area contributed by atoms with Crippen LogP contribution >= 0.6 is 0 Å². The number of fused-ring (bicyclic) bond motifs is 4. The quantitative estimate of drug-likeness (QED) is 0.381. The van der Waals surface area contributed by atoms with E-state index in [9.17, 15) is 9.59 Å². The summed E-state index contributed by atoms with van der Waals surface area (Å²) in [5, 5.41) is 2.51. The molecule has 5 rings (SSSR count). The number of aromatic amines is 2. The van der Waals surface area contributed by atoms with E-state index in [0.29, 0.717) is 32.6 Å². The maximum atomic E-state index is 13.1. The third-order valence-corrected chi connectivity index (χ3v) is 5.94. The molecule has 0 amide bonds. The van der Waals surface area contributed by atoms with E-state index in [4.69, 9.17) is 0 Å². The second-order valence-corrected chi connectivity index (χ2v) is 7.82. The highest BCUT2D eigenvalue weighted by molar-refractivity contribution is 6.03. The maximum Gasteiger partial charge on any atom is 0.197 e. The molecule has 2 heterocycles. The zero-order chi connectivity index (χ0) is 19.7. The first-order valence-corrected chi connectivity index (χ1v) is 9.37. The standard InChI is InChI=1S/C24H20N2O2/c1-11-5-15-19(7-13(11)3)25-21-10-18-22(9-17(21)23(15)27)26-20-8-14(4)12(2)6-16(20)24(18)28/h5-10H,1-4H3,(H,25,27)(H,26,28). The summed E-state index contributed by atoms with van der Waals surface area (Å²) in [6, 6.07) is 11.5. The number of aromatic nitrogens is 2. The van der Waals surface area contributed by atoms with Crippen molar-refractivity contribution in [3.63, 3.8) is 0 Å². The van der Waals surface area contributed by atoms with E-state index < -0.39 is 0 Å². The summed E-state index contributed by atoms with van der Waals surface area (Å²) in [6.45, 7) is 8.07. The summed E-state index contributed by atoms with van der Waals surface area (Å²) < 4.78 is 0. The summed E-state index contributed by atoms with van der Waals surface area (Å²) in [4.78, 5) is 33.0. The van der Waals surface area contributed by atoms with Crippen LogP contribution in [0.4, 0.5) is 0 Å². The van der Waals surface area contributed by atoms with Gasteiger partial charge >= 0.3 is 0 Å². The van der Waals surface area contributed by atoms with E-state index in [-0.39, 0.29) is 10.9 Å². The minimum Gasteiger partial charge on any atom is -0.354 e. The Bertz CT molecular complexity index is 1470. The van der Waals surface area contributed by atoms with E-state index in [1.165, 1.54) is 0 Å². The molecule has 2 N–H and O–H groups in total. The zero-order valence-electron chi connectivity index (χ0n) is 16.3. The third kappa shape index (κ3) is 2.24. The van der Waals surface area contributed by atoms with Crippen LogP contribution in [0.1, 0.15) is 22.3 Å². The topological polar surface area (TPSA) is 65.7 Å². The summed E-state index contributed by atoms with van der Waals surface area (Å²) in [5.41, 5.74) is 7.34. The number of pyridine rings is 2. The number of benzene rings is 3. The van der Waals surface area contributed by atoms with Crippen molar-refractivity contribution in [3.8, 4) is 0 Å². The van der Waals surface area contributed by atoms with Crippen molar-refractivity contribution in [2.24, 2.45) is 0 Å². The third-order valence-electron chi connectivity index (χ3n) is 5.94. The molecule has 0 aliphatic carbocycles. The van der Waals surface area contributed by atoms with Crippen LogP contribution < -0.4 is 10.9 Å². The van der Waals surface area contributed by atoms with Gasteiger partial charge in [-0.05, 0) is 86.3 Å². The monoisotopic (exact) mass is 368 g/mol. The summed E-state index contributed by atoms with van der Waals surface area (Å²) in [5.74, 6) is 0. The van der Waals surface area contributed by atoms with Crippen LogP contribution in [0.15, 0.2) is 46.0 Å². The number of hydrogen-bond donors (Lipinski definition) is 2. The first-order chi connectivity index (χ1) is 13.3. The SMILES string of the molecule is Cc1cc2[nH]c3cc4c(=O)c5cc(C)c(C)cc5[nH]c4cc3c(=O)c2cc1C. The van der Waals surface area contributed by atoms with Gasteiger partial charge in [0.2, 0.25) is 0 Å². The molecule has 2 aromatic heterocycles. The Morgan fingerprint density at radius 1 is 0.464 bits per heavy atom. The molecule has 0 fully saturated rings. The largest absolute Gasteiger partial charge is 0.354 e. The van der Waals surface area contributed by atoms with E-state index in [2.05, 4.69) is 9.97 Å². The van der Waals surface area contributed by atoms with Crippen LogP contribution in [-0.2, 0) is 0 Å². The van der Waals surface area contributed by atoms with Gasteiger partial charge in [-0.25, -0.2) is 0 Å². The zero-order valence-corrected chi connectivity index (χ0v) is 16.3. The van der Waals surface area contributed by atoms with Crippen molar-refractivity contribution in [3.05, 3.63) is 79.1 Å². The van der Waals surface area contributed by atoms with Crippen LogP contribution in [0, 0.1) is 27.7 Å². The molecular weight excluding hydrogens is 348 g/mol. The Morgan fingerprint density at radius 3 is 1.14 bits per heavy atom. The average Bonchev–Trinajstić information content (AvgIpc) is 2.65. The Labute approximate surface area is 160 Å². The van der Waals surface area contributed by atoms with Crippen LogP contribution in [0.25, 0.3) is 43.6 Å². The molecule has 0 aliphatic heterocycles. The highest BCUT2D eigenvalue weighted by Crippen LogP contribution is 2.24. The smallest absolute Gasteiger partial charge is 0.197 e. The van der Waals surface area contributed by atoms with Gasteiger partial charge in [0.1, 0.15) is 0 Å². The molecule has 0 saturated heterocycles. The molecule has 0 unspecified atom stereocenters. The van der Waals surface area contributed by atoms with Gasteiger partial charge in [-0.2, -0.15) is 0 Å². The second kappa shape index (κ2) is 5.55. The fourth-order valence-electron chi connectivity index (χ4n) is 3.98. The van der Waals surface area contributed by atoms with E-state index in [1.807, 2.05) is 52.0 Å². The molecule has 3 aromatic carbocycles. The lowest BCUT2D eigenvalue weighted by molar-refractivity contribution is 1.34. The molecule has 0 spiro atoms. The predicted octanol–water partition coefficient (Wildman–Crippen LogP) is 4.91. The summed E-state index contributed by atoms with van der Waals surface area (Å²) in [6.07, 6.45) is 0. The fourth-order valence-corrected chi connectivity index (χ4v) is 3.98. The maximum absolute atomic E-state index is 13.1. The highest BCUT2D eigenvalue weighted by atomic mass is 16.1. The van der Waals surface area contributed by atoms with Crippen LogP contribution in [0.2, 0.25) is 0 Å². The number of rotatable bonds is 0. The van der Waals surface area contributed by atoms with E-state index in [1.54, 1.807) is 12.1 Å². The Hall–Kier alpha value is -3.40. The lowest BCUT2D eigenvalue weighted by Gasteiger charge is -2.09. The molecule has 0 aliphatic rings. The van der Waals surface area contributed by atoms with Crippen molar-refractivity contribution in [1.82, 2.24) is 9.97 Å². The molecule has 0 saturated carbocycles. The number of aryl methyl sites for hydroxylation is 4. The Morgan fingerprint density at radius 2 is 0.750 bits per heavy atom. The molecule has 0 radical (unpaired) electrons. The second-order valence-electron chi connectivity index (χ2n) is 7.82. The van der Waals surface area contributed by atoms with Gasteiger partial charge in [0.05, 0.1) is 22.1 Å². The van der Waals surface area contributed by atoms with Gasteiger partial charge < -0.3 is 9.97 Å². The molecule has 0 bridgehead atoms. The van der Waals surface area contributed by atoms with Gasteiger partial charge in [-0.1, -0.05) is 0 Å². The first-order valence-electron chi connectivity index (χ1n) is 9.37. The van der Waals surface area contributed by atoms with Gasteiger partial charge in [0.25, 0.3) is 0 Å². The minimum atomic E-state index is -0.0187. The summed E-state index contributed by atoms with van der Waals surface area (Å²) in [7, 11) is 0. The number of hydrogen-bond acceptors (Lipinski definition) is 2. The van der Waals surface area contributed by atoms with E-state index in [0.717, 1.165) is 33.3 Å². The van der Waals surface area contributed by atoms with Crippen molar-refractivity contribution >= 4 is 43.6 Å². The minimum absolute atomic E-state index is 0.0187. The predicted molar refractivity (Wildman–Crippen MR) is 117 cm³/mol. The molecule has 4 heteroatoms. The molecule has 4 nitrogen and oxygen atoms in total. The number of nitrogens with one attached hydrogen (secondary N) is 2. The van der Waals surface area contributed by atoms with Crippen molar-refractivity contribution < 1.29 is 0 Å². The van der Waals surface area contributed by atoms with E-state index >= 15 is 0 Å². The number of H-pyrrole nitrogens is 2. The highest BCUT2D eigenvalue weighted by Gasteiger charge is 2.12. The van der Waals surface area contributed by atoms with Gasteiger partial charge in [0, 0.05) is 21.5 Å². The normalized spacial score (nSPS) is 11.9. The van der Waals surface area contributed by atoms with Crippen molar-refractivity contribution in [2.45, 2.75) is 27.7 Å². The van der Waals surface area contributed by atoms with Gasteiger partial charge in [0.15, 0.2) is 10.9 Å². The molecular formula is C24H20N2O2. The lowest BCUT2D eigenvalue weighted by atomic mass is 10.0. The van der Waals surface area contributed by atoms with Crippen LogP contribution in [0.5, 0.6) is 0 Å². The first kappa shape index (κ1) is 16.8. The Balaban J connectivity index is 1.98. The Kier molecular flexibility index (Phi) is 3.32. The fraction of sp³-hybridized carbons (Fsp3) is 0.167. The summed E-state index contributed by atoms with van der Waals surface area (Å²) >= 11 is 0. The molecule has 5 aromatic rings. The molecule has 0 atom stereocenters. The average molecular weight is 368 g/mol. The van der Waals surface area contributed by atoms with Gasteiger partial charge in [-0.15, -0.1) is 0 Å². The van der Waals surface area contributed by atoms with Crippen LogP contribution in [0.3, 0.4) is 0 Å². The van der Waals surface area contributed by atoms with Gasteiger partial charge in [-0.3, -0.25) is 9.59 Å². The van der Waals surface area contributed by atoms with Crippen molar-refractivity contribution in [2.75, 3.05) is 0 Å². The molecule has 28 heavy (non-hydrogen) atoms. The molecule has 138 valence electrons. The lowest BCUT2D eigenvalue weighted by Crippen LogP contribution is -2.09.